The highest BCUT2D eigenvalue weighted by atomic mass is 16.2. The van der Waals surface area contributed by atoms with Gasteiger partial charge in [0.15, 0.2) is 0 Å². The van der Waals surface area contributed by atoms with E-state index in [0.717, 1.165) is 16.8 Å². The molecule has 0 aromatic heterocycles. The number of aryl methyl sites for hydroxylation is 1. The van der Waals surface area contributed by atoms with Crippen molar-refractivity contribution in [2.75, 3.05) is 16.8 Å². The quantitative estimate of drug-likeness (QED) is 0.626. The molecule has 1 aliphatic rings. The van der Waals surface area contributed by atoms with Crippen LogP contribution in [-0.4, -0.2) is 24.3 Å². The highest BCUT2D eigenvalue weighted by Gasteiger charge is 2.35. The van der Waals surface area contributed by atoms with Crippen LogP contribution in [0.2, 0.25) is 0 Å². The van der Waals surface area contributed by atoms with E-state index < -0.39 is 5.92 Å². The molecule has 32 heavy (non-hydrogen) atoms. The smallest absolute Gasteiger partial charge is 0.253 e. The molecule has 1 aliphatic heterocycles. The lowest BCUT2D eigenvalue weighted by atomic mass is 10.1. The van der Waals surface area contributed by atoms with Crippen molar-refractivity contribution >= 4 is 29.1 Å². The molecule has 0 radical (unpaired) electrons. The molecule has 1 fully saturated rings. The Morgan fingerprint density at radius 1 is 0.969 bits per heavy atom. The van der Waals surface area contributed by atoms with Crippen LogP contribution in [0.1, 0.15) is 27.9 Å². The molecule has 162 valence electrons. The number of benzene rings is 3. The second-order valence-electron chi connectivity index (χ2n) is 7.95. The first kappa shape index (κ1) is 21.3. The average Bonchev–Trinajstić information content (AvgIpc) is 3.20. The van der Waals surface area contributed by atoms with Gasteiger partial charge in [0.05, 0.1) is 17.2 Å². The van der Waals surface area contributed by atoms with Crippen molar-refractivity contribution in [3.8, 4) is 0 Å². The summed E-state index contributed by atoms with van der Waals surface area (Å²) < 4.78 is 0. The Morgan fingerprint density at radius 3 is 2.50 bits per heavy atom. The number of para-hydroxylation sites is 1. The minimum absolute atomic E-state index is 0.0790. The van der Waals surface area contributed by atoms with Crippen LogP contribution in [0.3, 0.4) is 0 Å². The predicted molar refractivity (Wildman–Crippen MR) is 124 cm³/mol. The molecule has 0 spiro atoms. The molecule has 3 amide bonds. The molecule has 1 saturated heterocycles. The van der Waals surface area contributed by atoms with Gasteiger partial charge in [-0.3, -0.25) is 14.4 Å². The molecule has 0 saturated carbocycles. The van der Waals surface area contributed by atoms with Crippen LogP contribution < -0.4 is 15.5 Å². The number of carbonyl (C=O) groups is 3. The zero-order valence-electron chi connectivity index (χ0n) is 17.9. The minimum Gasteiger partial charge on any atom is -0.348 e. The van der Waals surface area contributed by atoms with E-state index in [0.29, 0.717) is 24.3 Å². The van der Waals surface area contributed by atoms with Gasteiger partial charge in [0.1, 0.15) is 0 Å². The second kappa shape index (κ2) is 9.47. The Morgan fingerprint density at radius 2 is 1.72 bits per heavy atom. The highest BCUT2D eigenvalue weighted by molar-refractivity contribution is 6.07. The third kappa shape index (κ3) is 4.86. The lowest BCUT2D eigenvalue weighted by molar-refractivity contribution is -0.122. The summed E-state index contributed by atoms with van der Waals surface area (Å²) >= 11 is 0. The summed E-state index contributed by atoms with van der Waals surface area (Å²) in [5.41, 5.74) is 3.66. The zero-order chi connectivity index (χ0) is 22.5. The topological polar surface area (TPSA) is 78.5 Å². The van der Waals surface area contributed by atoms with Gasteiger partial charge in [0, 0.05) is 25.2 Å². The fourth-order valence-electron chi connectivity index (χ4n) is 3.83. The molecule has 3 aromatic carbocycles. The lowest BCUT2D eigenvalue weighted by Gasteiger charge is -2.17. The maximum atomic E-state index is 12.9. The van der Waals surface area contributed by atoms with Gasteiger partial charge >= 0.3 is 0 Å². The van der Waals surface area contributed by atoms with Crippen molar-refractivity contribution < 1.29 is 14.4 Å². The van der Waals surface area contributed by atoms with Gasteiger partial charge in [0.25, 0.3) is 5.91 Å². The number of hydrogen-bond donors (Lipinski definition) is 2. The molecular weight excluding hydrogens is 402 g/mol. The Balaban J connectivity index is 1.42. The second-order valence-corrected chi connectivity index (χ2v) is 7.95. The summed E-state index contributed by atoms with van der Waals surface area (Å²) in [5.74, 6) is -1.10. The summed E-state index contributed by atoms with van der Waals surface area (Å²) in [7, 11) is 0. The molecule has 1 heterocycles. The van der Waals surface area contributed by atoms with E-state index in [1.54, 1.807) is 29.2 Å². The van der Waals surface area contributed by atoms with E-state index in [1.165, 1.54) is 0 Å². The first-order valence-corrected chi connectivity index (χ1v) is 10.6. The molecule has 1 atom stereocenters. The SMILES string of the molecule is Cc1cccc(N2CC(C(=O)Nc3ccccc3C(=O)NCc3ccccc3)CC2=O)c1. The van der Waals surface area contributed by atoms with Crippen molar-refractivity contribution in [2.45, 2.75) is 19.9 Å². The summed E-state index contributed by atoms with van der Waals surface area (Å²) in [4.78, 5) is 39.9. The standard InChI is InChI=1S/C26H25N3O3/c1-18-8-7-11-21(14-18)29-17-20(15-24(29)30)25(31)28-23-13-6-5-12-22(23)26(32)27-16-19-9-3-2-4-10-19/h2-14,20H,15-17H2,1H3,(H,27,32)(H,28,31). The molecule has 0 aliphatic carbocycles. The van der Waals surface area contributed by atoms with E-state index in [1.807, 2.05) is 61.5 Å². The van der Waals surface area contributed by atoms with Crippen LogP contribution in [0.25, 0.3) is 0 Å². The maximum absolute atomic E-state index is 12.9. The van der Waals surface area contributed by atoms with Gasteiger partial charge in [-0.15, -0.1) is 0 Å². The number of nitrogens with zero attached hydrogens (tertiary/aromatic N) is 1. The van der Waals surface area contributed by atoms with Crippen molar-refractivity contribution in [2.24, 2.45) is 5.92 Å². The zero-order valence-corrected chi connectivity index (χ0v) is 17.9. The molecule has 2 N–H and O–H groups in total. The van der Waals surface area contributed by atoms with Crippen LogP contribution in [0.4, 0.5) is 11.4 Å². The van der Waals surface area contributed by atoms with Crippen LogP contribution in [0, 0.1) is 12.8 Å². The van der Waals surface area contributed by atoms with Gasteiger partial charge in [-0.2, -0.15) is 0 Å². The van der Waals surface area contributed by atoms with Crippen molar-refractivity contribution in [1.29, 1.82) is 0 Å². The Bertz CT molecular complexity index is 1140. The van der Waals surface area contributed by atoms with Gasteiger partial charge in [-0.25, -0.2) is 0 Å². The predicted octanol–water partition coefficient (Wildman–Crippen LogP) is 3.92. The number of amides is 3. The molecule has 6 heteroatoms. The van der Waals surface area contributed by atoms with E-state index in [-0.39, 0.29) is 24.1 Å². The van der Waals surface area contributed by atoms with Gasteiger partial charge in [0.2, 0.25) is 11.8 Å². The van der Waals surface area contributed by atoms with Crippen LogP contribution in [0.15, 0.2) is 78.9 Å². The van der Waals surface area contributed by atoms with E-state index in [2.05, 4.69) is 10.6 Å². The van der Waals surface area contributed by atoms with Crippen LogP contribution in [-0.2, 0) is 16.1 Å². The Kier molecular flexibility index (Phi) is 6.31. The average molecular weight is 428 g/mol. The monoisotopic (exact) mass is 427 g/mol. The molecule has 0 bridgehead atoms. The van der Waals surface area contributed by atoms with E-state index in [4.69, 9.17) is 0 Å². The van der Waals surface area contributed by atoms with E-state index >= 15 is 0 Å². The highest BCUT2D eigenvalue weighted by Crippen LogP contribution is 2.27. The third-order valence-corrected chi connectivity index (χ3v) is 5.53. The lowest BCUT2D eigenvalue weighted by Crippen LogP contribution is -2.29. The number of carbonyl (C=O) groups excluding carboxylic acids is 3. The summed E-state index contributed by atoms with van der Waals surface area (Å²) in [6, 6.07) is 24.2. The van der Waals surface area contributed by atoms with Gasteiger partial charge in [-0.1, -0.05) is 54.6 Å². The Labute approximate surface area is 187 Å². The van der Waals surface area contributed by atoms with Crippen molar-refractivity contribution in [1.82, 2.24) is 5.32 Å². The summed E-state index contributed by atoms with van der Waals surface area (Å²) in [6.07, 6.45) is 0.141. The largest absolute Gasteiger partial charge is 0.348 e. The Hall–Kier alpha value is -3.93. The fourth-order valence-corrected chi connectivity index (χ4v) is 3.83. The minimum atomic E-state index is -0.483. The number of hydrogen-bond acceptors (Lipinski definition) is 3. The van der Waals surface area contributed by atoms with Gasteiger partial charge < -0.3 is 15.5 Å². The van der Waals surface area contributed by atoms with E-state index in [9.17, 15) is 14.4 Å². The van der Waals surface area contributed by atoms with Crippen molar-refractivity contribution in [3.05, 3.63) is 95.6 Å². The maximum Gasteiger partial charge on any atom is 0.253 e. The molecular formula is C26H25N3O3. The number of anilines is 2. The van der Waals surface area contributed by atoms with Crippen molar-refractivity contribution in [3.63, 3.8) is 0 Å². The molecule has 6 nitrogen and oxygen atoms in total. The first-order valence-electron chi connectivity index (χ1n) is 10.6. The third-order valence-electron chi connectivity index (χ3n) is 5.53. The first-order chi connectivity index (χ1) is 15.5. The number of rotatable bonds is 6. The number of nitrogens with one attached hydrogen (secondary N) is 2. The molecule has 1 unspecified atom stereocenters. The summed E-state index contributed by atoms with van der Waals surface area (Å²) in [6.45, 7) is 2.68. The normalized spacial score (nSPS) is 15.5. The van der Waals surface area contributed by atoms with Gasteiger partial charge in [-0.05, 0) is 42.3 Å². The van der Waals surface area contributed by atoms with Crippen LogP contribution >= 0.6 is 0 Å². The van der Waals surface area contributed by atoms with Crippen LogP contribution in [0.5, 0.6) is 0 Å². The molecule has 4 rings (SSSR count). The fraction of sp³-hybridized carbons (Fsp3) is 0.192. The summed E-state index contributed by atoms with van der Waals surface area (Å²) in [5, 5.41) is 5.74. The molecule has 3 aromatic rings.